The summed E-state index contributed by atoms with van der Waals surface area (Å²) < 4.78 is 0. The Morgan fingerprint density at radius 3 is 2.59 bits per heavy atom. The third kappa shape index (κ3) is 4.75. The maximum Gasteiger partial charge on any atom is 0.234 e. The van der Waals surface area contributed by atoms with Crippen LogP contribution in [0.2, 0.25) is 0 Å². The third-order valence-corrected chi connectivity index (χ3v) is 4.68. The summed E-state index contributed by atoms with van der Waals surface area (Å²) in [6.07, 6.45) is 0. The Kier molecular flexibility index (Phi) is 6.74. The molecule has 0 aliphatic rings. The van der Waals surface area contributed by atoms with Crippen molar-refractivity contribution in [3.63, 3.8) is 0 Å². The summed E-state index contributed by atoms with van der Waals surface area (Å²) in [5.74, 6) is 1.57. The molecule has 0 saturated carbocycles. The van der Waals surface area contributed by atoms with E-state index in [4.69, 9.17) is 0 Å². The summed E-state index contributed by atoms with van der Waals surface area (Å²) in [6.45, 7) is 7.51. The normalized spacial score (nSPS) is 11.0. The van der Waals surface area contributed by atoms with Crippen molar-refractivity contribution in [2.45, 2.75) is 13.8 Å². The van der Waals surface area contributed by atoms with Gasteiger partial charge in [0.1, 0.15) is 0 Å². The summed E-state index contributed by atoms with van der Waals surface area (Å²) in [4.78, 5) is 14.5. The molecule has 2 aromatic rings. The molecule has 22 heavy (non-hydrogen) atoms. The van der Waals surface area contributed by atoms with Crippen molar-refractivity contribution >= 4 is 34.1 Å². The molecule has 2 rings (SSSR count). The Morgan fingerprint density at radius 2 is 1.82 bits per heavy atom. The lowest BCUT2D eigenvalue weighted by Gasteiger charge is -2.17. The van der Waals surface area contributed by atoms with Gasteiger partial charge in [0.15, 0.2) is 0 Å². The molecule has 0 atom stereocenters. The molecule has 0 unspecified atom stereocenters. The van der Waals surface area contributed by atoms with Crippen LogP contribution >= 0.6 is 11.8 Å². The highest BCUT2D eigenvalue weighted by Crippen LogP contribution is 2.23. The van der Waals surface area contributed by atoms with Crippen LogP contribution < -0.4 is 5.32 Å². The van der Waals surface area contributed by atoms with Crippen molar-refractivity contribution < 1.29 is 4.79 Å². The van der Waals surface area contributed by atoms with Gasteiger partial charge >= 0.3 is 0 Å². The lowest BCUT2D eigenvalue weighted by molar-refractivity contribution is -0.113. The molecule has 0 fully saturated rings. The molecule has 1 amide bonds. The number of fused-ring (bicyclic) bond motifs is 1. The zero-order valence-electron chi connectivity index (χ0n) is 13.3. The van der Waals surface area contributed by atoms with E-state index < -0.39 is 0 Å². The number of carbonyl (C=O) groups excluding carboxylic acids is 1. The van der Waals surface area contributed by atoms with Crippen LogP contribution in [0.5, 0.6) is 0 Å². The average Bonchev–Trinajstić information content (AvgIpc) is 2.55. The van der Waals surface area contributed by atoms with Gasteiger partial charge in [-0.15, -0.1) is 0 Å². The number of amides is 1. The van der Waals surface area contributed by atoms with Crippen molar-refractivity contribution in [1.82, 2.24) is 4.90 Å². The average molecular weight is 316 g/mol. The van der Waals surface area contributed by atoms with Crippen LogP contribution in [-0.4, -0.2) is 41.9 Å². The predicted molar refractivity (Wildman–Crippen MR) is 97.7 cm³/mol. The summed E-state index contributed by atoms with van der Waals surface area (Å²) in [7, 11) is 0. The highest BCUT2D eigenvalue weighted by atomic mass is 32.2. The van der Waals surface area contributed by atoms with Crippen molar-refractivity contribution in [1.29, 1.82) is 0 Å². The van der Waals surface area contributed by atoms with Gasteiger partial charge in [0, 0.05) is 23.4 Å². The topological polar surface area (TPSA) is 32.3 Å². The van der Waals surface area contributed by atoms with Crippen LogP contribution in [0.25, 0.3) is 10.8 Å². The first-order valence-corrected chi connectivity index (χ1v) is 8.97. The van der Waals surface area contributed by atoms with Gasteiger partial charge < -0.3 is 10.2 Å². The van der Waals surface area contributed by atoms with Crippen molar-refractivity contribution in [3.05, 3.63) is 42.5 Å². The number of hydrogen-bond acceptors (Lipinski definition) is 3. The highest BCUT2D eigenvalue weighted by molar-refractivity contribution is 7.99. The largest absolute Gasteiger partial charge is 0.325 e. The zero-order chi connectivity index (χ0) is 15.8. The van der Waals surface area contributed by atoms with Crippen LogP contribution in [0.15, 0.2) is 42.5 Å². The minimum Gasteiger partial charge on any atom is -0.325 e. The van der Waals surface area contributed by atoms with Crippen molar-refractivity contribution in [3.8, 4) is 0 Å². The molecular weight excluding hydrogens is 292 g/mol. The molecule has 0 radical (unpaired) electrons. The van der Waals surface area contributed by atoms with E-state index in [2.05, 4.69) is 36.2 Å². The van der Waals surface area contributed by atoms with Gasteiger partial charge in [0.05, 0.1) is 5.75 Å². The number of rotatable bonds is 8. The predicted octanol–water partition coefficient (Wildman–Crippen LogP) is 3.85. The maximum absolute atomic E-state index is 12.1. The fraction of sp³-hybridized carbons (Fsp3) is 0.389. The first-order valence-electron chi connectivity index (χ1n) is 7.82. The van der Waals surface area contributed by atoms with Gasteiger partial charge in [0.2, 0.25) is 5.91 Å². The van der Waals surface area contributed by atoms with Crippen LogP contribution in [0.4, 0.5) is 5.69 Å². The molecule has 1 N–H and O–H groups in total. The van der Waals surface area contributed by atoms with Gasteiger partial charge in [0.25, 0.3) is 0 Å². The van der Waals surface area contributed by atoms with Gasteiger partial charge in [-0.25, -0.2) is 0 Å². The van der Waals surface area contributed by atoms with Crippen LogP contribution in [0.3, 0.4) is 0 Å². The standard InChI is InChI=1S/C18H24N2OS/c1-3-20(4-2)12-13-22-14-18(21)19-17-11-7-9-15-8-5-6-10-16(15)17/h5-11H,3-4,12-14H2,1-2H3,(H,19,21). The van der Waals surface area contributed by atoms with Crippen molar-refractivity contribution in [2.24, 2.45) is 0 Å². The Balaban J connectivity index is 1.84. The van der Waals surface area contributed by atoms with Gasteiger partial charge in [-0.05, 0) is 24.5 Å². The number of carbonyl (C=O) groups is 1. The lowest BCUT2D eigenvalue weighted by Crippen LogP contribution is -2.26. The lowest BCUT2D eigenvalue weighted by atomic mass is 10.1. The first-order chi connectivity index (χ1) is 10.7. The van der Waals surface area contributed by atoms with E-state index in [9.17, 15) is 4.79 Å². The highest BCUT2D eigenvalue weighted by Gasteiger charge is 2.06. The van der Waals surface area contributed by atoms with E-state index in [1.54, 1.807) is 11.8 Å². The maximum atomic E-state index is 12.1. The third-order valence-electron chi connectivity index (χ3n) is 3.74. The van der Waals surface area contributed by atoms with E-state index >= 15 is 0 Å². The fourth-order valence-corrected chi connectivity index (χ4v) is 3.21. The molecule has 0 bridgehead atoms. The monoisotopic (exact) mass is 316 g/mol. The minimum atomic E-state index is 0.0703. The smallest absolute Gasteiger partial charge is 0.234 e. The van der Waals surface area contributed by atoms with Crippen LogP contribution in [0.1, 0.15) is 13.8 Å². The summed E-state index contributed by atoms with van der Waals surface area (Å²) in [6, 6.07) is 14.1. The molecule has 4 heteroatoms. The van der Waals surface area contributed by atoms with E-state index in [-0.39, 0.29) is 5.91 Å². The Labute approximate surface area is 137 Å². The molecule has 0 aliphatic heterocycles. The molecule has 3 nitrogen and oxygen atoms in total. The van der Waals surface area contributed by atoms with Gasteiger partial charge in [-0.3, -0.25) is 4.79 Å². The van der Waals surface area contributed by atoms with Crippen LogP contribution in [-0.2, 0) is 4.79 Å². The molecule has 118 valence electrons. The second-order valence-electron chi connectivity index (χ2n) is 5.15. The Hall–Kier alpha value is -1.52. The number of anilines is 1. The number of benzene rings is 2. The SMILES string of the molecule is CCN(CC)CCSCC(=O)Nc1cccc2ccccc12. The first kappa shape index (κ1) is 16.8. The minimum absolute atomic E-state index is 0.0703. The number of nitrogens with one attached hydrogen (secondary N) is 1. The number of nitrogens with zero attached hydrogens (tertiary/aromatic N) is 1. The summed E-state index contributed by atoms with van der Waals surface area (Å²) >= 11 is 1.69. The molecule has 0 heterocycles. The fourth-order valence-electron chi connectivity index (χ4n) is 2.42. The zero-order valence-corrected chi connectivity index (χ0v) is 14.2. The molecule has 0 saturated heterocycles. The Bertz CT molecular complexity index is 606. The number of hydrogen-bond donors (Lipinski definition) is 1. The van der Waals surface area contributed by atoms with Gasteiger partial charge in [-0.2, -0.15) is 11.8 Å². The van der Waals surface area contributed by atoms with E-state index in [1.807, 2.05) is 30.3 Å². The molecular formula is C18H24N2OS. The van der Waals surface area contributed by atoms with Crippen LogP contribution in [0, 0.1) is 0 Å². The molecule has 0 aromatic heterocycles. The summed E-state index contributed by atoms with van der Waals surface area (Å²) in [5, 5.41) is 5.26. The second-order valence-corrected chi connectivity index (χ2v) is 6.26. The number of thioether (sulfide) groups is 1. The Morgan fingerprint density at radius 1 is 1.09 bits per heavy atom. The molecule has 2 aromatic carbocycles. The molecule has 0 aliphatic carbocycles. The second kappa shape index (κ2) is 8.81. The van der Waals surface area contributed by atoms with E-state index in [1.165, 1.54) is 0 Å². The van der Waals surface area contributed by atoms with Crippen molar-refractivity contribution in [2.75, 3.05) is 36.5 Å². The van der Waals surface area contributed by atoms with E-state index in [0.717, 1.165) is 41.8 Å². The van der Waals surface area contributed by atoms with Gasteiger partial charge in [-0.1, -0.05) is 50.2 Å². The quantitative estimate of drug-likeness (QED) is 0.751. The summed E-state index contributed by atoms with van der Waals surface area (Å²) in [5.41, 5.74) is 0.896. The molecule has 0 spiro atoms. The van der Waals surface area contributed by atoms with E-state index in [0.29, 0.717) is 5.75 Å².